The van der Waals surface area contributed by atoms with Crippen LogP contribution in [0.3, 0.4) is 0 Å². The molecule has 33 heavy (non-hydrogen) atoms. The molecule has 10 nitrogen and oxygen atoms in total. The zero-order chi connectivity index (χ0) is 23.8. The van der Waals surface area contributed by atoms with E-state index in [1.54, 1.807) is 36.4 Å². The van der Waals surface area contributed by atoms with E-state index in [0.717, 1.165) is 0 Å². The van der Waals surface area contributed by atoms with Crippen molar-refractivity contribution in [3.05, 3.63) is 70.3 Å². The van der Waals surface area contributed by atoms with Crippen LogP contribution in [0.1, 0.15) is 10.4 Å². The molecule has 4 rings (SSSR count). The van der Waals surface area contributed by atoms with Crippen molar-refractivity contribution in [2.24, 2.45) is 0 Å². The molecular weight excluding hydrogens is 472 g/mol. The van der Waals surface area contributed by atoms with Crippen molar-refractivity contribution >= 4 is 56.0 Å². The van der Waals surface area contributed by atoms with E-state index in [-0.39, 0.29) is 23.0 Å². The lowest BCUT2D eigenvalue weighted by Crippen LogP contribution is -2.14. The van der Waals surface area contributed by atoms with Gasteiger partial charge < -0.3 is 15.4 Å². The Hall–Kier alpha value is -3.83. The van der Waals surface area contributed by atoms with Gasteiger partial charge in [0.1, 0.15) is 5.21 Å². The molecule has 12 heteroatoms. The third kappa shape index (κ3) is 4.54. The number of methoxy groups -OCH3 is 1. The van der Waals surface area contributed by atoms with Crippen molar-refractivity contribution in [1.29, 1.82) is 0 Å². The normalized spacial score (nSPS) is 12.5. The van der Waals surface area contributed by atoms with Gasteiger partial charge in [-0.05, 0) is 53.6 Å². The standard InChI is InChI=1S/C21H17ClN4O6S/c1-32-20-9-13(3-7-19(20)26(28)29)12-2-5-15-17(8-12)23-16-6-4-14(25-33(30,31)11-22)10-18(16)24-21(15)27/h2-10,23,25H,11H2,1H3,(H,24,27). The first-order valence-electron chi connectivity index (χ1n) is 9.46. The number of sulfonamides is 1. The van der Waals surface area contributed by atoms with Crippen LogP contribution in [0.15, 0.2) is 54.6 Å². The number of ether oxygens (including phenoxy) is 1. The number of hydrogen-bond donors (Lipinski definition) is 3. The zero-order valence-electron chi connectivity index (χ0n) is 17.1. The summed E-state index contributed by atoms with van der Waals surface area (Å²) in [6.45, 7) is 0. The minimum atomic E-state index is -3.70. The minimum absolute atomic E-state index is 0.121. The summed E-state index contributed by atoms with van der Waals surface area (Å²) < 4.78 is 30.9. The SMILES string of the molecule is COc1cc(-c2ccc3c(c2)Nc2ccc(NS(=O)(=O)CCl)cc2NC3=O)ccc1[N+](=O)[O-]. The van der Waals surface area contributed by atoms with Crippen molar-refractivity contribution in [1.82, 2.24) is 0 Å². The molecule has 1 aliphatic rings. The number of anilines is 4. The summed E-state index contributed by atoms with van der Waals surface area (Å²) in [4.78, 5) is 23.4. The summed E-state index contributed by atoms with van der Waals surface area (Å²) in [5.74, 6) is -0.267. The molecule has 0 aliphatic carbocycles. The summed E-state index contributed by atoms with van der Waals surface area (Å²) in [5.41, 5.74) is 3.28. The lowest BCUT2D eigenvalue weighted by atomic mass is 10.0. The van der Waals surface area contributed by atoms with Gasteiger partial charge in [0, 0.05) is 6.07 Å². The summed E-state index contributed by atoms with van der Waals surface area (Å²) in [7, 11) is -2.34. The van der Waals surface area contributed by atoms with Crippen LogP contribution in [0.25, 0.3) is 11.1 Å². The van der Waals surface area contributed by atoms with Crippen LogP contribution in [-0.2, 0) is 10.0 Å². The summed E-state index contributed by atoms with van der Waals surface area (Å²) in [5, 5.41) is 16.5. The fourth-order valence-electron chi connectivity index (χ4n) is 3.39. The number of fused-ring (bicyclic) bond motifs is 2. The van der Waals surface area contributed by atoms with Gasteiger partial charge >= 0.3 is 5.69 Å². The van der Waals surface area contributed by atoms with Gasteiger partial charge in [-0.3, -0.25) is 19.6 Å². The van der Waals surface area contributed by atoms with Crippen LogP contribution in [0, 0.1) is 10.1 Å². The smallest absolute Gasteiger partial charge is 0.310 e. The monoisotopic (exact) mass is 488 g/mol. The van der Waals surface area contributed by atoms with E-state index in [0.29, 0.717) is 33.8 Å². The number of nitrogens with zero attached hydrogens (tertiary/aromatic N) is 1. The number of amides is 1. The number of halogens is 1. The second-order valence-electron chi connectivity index (χ2n) is 7.07. The molecule has 0 aromatic heterocycles. The van der Waals surface area contributed by atoms with Gasteiger partial charge in [-0.15, -0.1) is 11.6 Å². The fraction of sp³-hybridized carbons (Fsp3) is 0.0952. The number of nitro benzene ring substituents is 1. The van der Waals surface area contributed by atoms with Gasteiger partial charge in [0.15, 0.2) is 5.75 Å². The van der Waals surface area contributed by atoms with E-state index in [9.17, 15) is 23.3 Å². The van der Waals surface area contributed by atoms with E-state index in [1.807, 2.05) is 0 Å². The van der Waals surface area contributed by atoms with Gasteiger partial charge in [0.25, 0.3) is 5.91 Å². The largest absolute Gasteiger partial charge is 0.490 e. The molecule has 1 aliphatic heterocycles. The molecule has 0 bridgehead atoms. The Balaban J connectivity index is 1.71. The van der Waals surface area contributed by atoms with Crippen LogP contribution < -0.4 is 20.1 Å². The van der Waals surface area contributed by atoms with Gasteiger partial charge in [-0.25, -0.2) is 8.42 Å². The average molecular weight is 489 g/mol. The highest BCUT2D eigenvalue weighted by atomic mass is 35.5. The van der Waals surface area contributed by atoms with Crippen molar-refractivity contribution in [3.8, 4) is 16.9 Å². The highest BCUT2D eigenvalue weighted by molar-refractivity contribution is 7.93. The molecule has 0 atom stereocenters. The molecule has 0 spiro atoms. The number of hydrogen-bond acceptors (Lipinski definition) is 7. The number of alkyl halides is 1. The van der Waals surface area contributed by atoms with Crippen molar-refractivity contribution in [3.63, 3.8) is 0 Å². The van der Waals surface area contributed by atoms with Crippen LogP contribution in [0.2, 0.25) is 0 Å². The second-order valence-corrected chi connectivity index (χ2v) is 9.38. The highest BCUT2D eigenvalue weighted by Crippen LogP contribution is 2.38. The molecule has 170 valence electrons. The Bertz CT molecular complexity index is 1390. The molecular formula is C21H17ClN4O6S. The van der Waals surface area contributed by atoms with Crippen LogP contribution in [0.4, 0.5) is 28.4 Å². The van der Waals surface area contributed by atoms with Gasteiger partial charge in [0.05, 0.1) is 40.3 Å². The lowest BCUT2D eigenvalue weighted by Gasteiger charge is -2.12. The maximum Gasteiger partial charge on any atom is 0.310 e. The predicted molar refractivity (Wildman–Crippen MR) is 126 cm³/mol. The van der Waals surface area contributed by atoms with Gasteiger partial charge in [-0.1, -0.05) is 6.07 Å². The molecule has 0 radical (unpaired) electrons. The van der Waals surface area contributed by atoms with E-state index < -0.39 is 20.2 Å². The fourth-order valence-corrected chi connectivity index (χ4v) is 4.10. The number of benzene rings is 3. The Morgan fingerprint density at radius 2 is 1.73 bits per heavy atom. The summed E-state index contributed by atoms with van der Waals surface area (Å²) in [6.07, 6.45) is 0. The number of carbonyl (C=O) groups is 1. The molecule has 0 saturated heterocycles. The molecule has 3 aromatic rings. The second kappa shape index (κ2) is 8.60. The quantitative estimate of drug-likeness (QED) is 0.263. The first-order valence-corrected chi connectivity index (χ1v) is 11.6. The van der Waals surface area contributed by atoms with Crippen molar-refractivity contribution < 1.29 is 22.9 Å². The van der Waals surface area contributed by atoms with Gasteiger partial charge in [0.2, 0.25) is 10.0 Å². The van der Waals surface area contributed by atoms with E-state index in [2.05, 4.69) is 15.4 Å². The molecule has 3 aromatic carbocycles. The lowest BCUT2D eigenvalue weighted by molar-refractivity contribution is -0.385. The van der Waals surface area contributed by atoms with Crippen molar-refractivity contribution in [2.45, 2.75) is 0 Å². The number of rotatable bonds is 6. The van der Waals surface area contributed by atoms with Crippen LogP contribution >= 0.6 is 11.6 Å². The van der Waals surface area contributed by atoms with Gasteiger partial charge in [-0.2, -0.15) is 0 Å². The number of nitro groups is 1. The van der Waals surface area contributed by atoms with Crippen LogP contribution in [-0.4, -0.2) is 31.6 Å². The zero-order valence-corrected chi connectivity index (χ0v) is 18.7. The minimum Gasteiger partial charge on any atom is -0.490 e. The Morgan fingerprint density at radius 1 is 1.00 bits per heavy atom. The van der Waals surface area contributed by atoms with Crippen molar-refractivity contribution in [2.75, 3.05) is 27.7 Å². The maximum absolute atomic E-state index is 12.8. The Labute approximate surface area is 193 Å². The molecule has 0 fully saturated rings. The van der Waals surface area contributed by atoms with Crippen LogP contribution in [0.5, 0.6) is 5.75 Å². The molecule has 1 amide bonds. The Morgan fingerprint density at radius 3 is 2.42 bits per heavy atom. The first-order chi connectivity index (χ1) is 15.7. The predicted octanol–water partition coefficient (Wildman–Crippen LogP) is 4.52. The number of carbonyl (C=O) groups excluding carboxylic acids is 1. The topological polar surface area (TPSA) is 140 Å². The molecule has 0 saturated carbocycles. The molecule has 3 N–H and O–H groups in total. The van der Waals surface area contributed by atoms with E-state index >= 15 is 0 Å². The molecule has 0 unspecified atom stereocenters. The summed E-state index contributed by atoms with van der Waals surface area (Å²) >= 11 is 5.43. The molecule has 1 heterocycles. The maximum atomic E-state index is 12.8. The van der Waals surface area contributed by atoms with E-state index in [1.165, 1.54) is 25.3 Å². The third-order valence-electron chi connectivity index (χ3n) is 4.93. The third-order valence-corrected chi connectivity index (χ3v) is 6.62. The van der Waals surface area contributed by atoms with E-state index in [4.69, 9.17) is 16.3 Å². The first kappa shape index (κ1) is 22.4. The Kier molecular flexibility index (Phi) is 5.83. The summed E-state index contributed by atoms with van der Waals surface area (Å²) in [6, 6.07) is 14.3. The average Bonchev–Trinajstić information content (AvgIpc) is 2.93. The highest BCUT2D eigenvalue weighted by Gasteiger charge is 2.21. The number of nitrogens with one attached hydrogen (secondary N) is 3.